The zero-order valence-corrected chi connectivity index (χ0v) is 17.7. The Balaban J connectivity index is 1.81. The number of hydrogen-bond acceptors (Lipinski definition) is 4. The van der Waals surface area contributed by atoms with E-state index in [4.69, 9.17) is 9.84 Å². The average molecular weight is 482 g/mol. The number of aromatic nitrogens is 2. The summed E-state index contributed by atoms with van der Waals surface area (Å²) in [4.78, 5) is 0. The van der Waals surface area contributed by atoms with Crippen molar-refractivity contribution >= 4 is 21.7 Å². The van der Waals surface area contributed by atoms with E-state index in [0.717, 1.165) is 52.9 Å². The van der Waals surface area contributed by atoms with Gasteiger partial charge in [-0.15, -0.1) is 13.2 Å². The normalized spacial score (nSPS) is 13.9. The molecule has 0 amide bonds. The fourth-order valence-corrected chi connectivity index (χ4v) is 3.92. The highest BCUT2D eigenvalue weighted by Crippen LogP contribution is 2.39. The molecule has 3 aromatic rings. The first kappa shape index (κ1) is 20.6. The van der Waals surface area contributed by atoms with E-state index in [0.29, 0.717) is 11.4 Å². The van der Waals surface area contributed by atoms with Crippen LogP contribution in [0.25, 0.3) is 16.9 Å². The number of ether oxygens (including phenoxy) is 2. The van der Waals surface area contributed by atoms with Crippen molar-refractivity contribution in [2.24, 2.45) is 0 Å². The molecule has 0 aliphatic carbocycles. The SMILES string of the molecule is COc1ccc(Br)cc1-c1nn(-c2ccc(OC(F)(F)F)cc2)c2c1CCCCN2. The predicted molar refractivity (Wildman–Crippen MR) is 111 cm³/mol. The molecule has 0 saturated heterocycles. The van der Waals surface area contributed by atoms with Crippen LogP contribution in [0.4, 0.5) is 19.0 Å². The molecule has 0 fully saturated rings. The van der Waals surface area contributed by atoms with Crippen LogP contribution in [0.5, 0.6) is 11.5 Å². The van der Waals surface area contributed by atoms with Gasteiger partial charge in [0.15, 0.2) is 0 Å². The van der Waals surface area contributed by atoms with E-state index < -0.39 is 6.36 Å². The van der Waals surface area contributed by atoms with Gasteiger partial charge in [0.25, 0.3) is 0 Å². The summed E-state index contributed by atoms with van der Waals surface area (Å²) < 4.78 is 49.5. The van der Waals surface area contributed by atoms with Gasteiger partial charge in [0, 0.05) is 22.1 Å². The van der Waals surface area contributed by atoms with Crippen LogP contribution in [-0.2, 0) is 6.42 Å². The minimum atomic E-state index is -4.73. The number of benzene rings is 2. The molecule has 1 aliphatic rings. The summed E-state index contributed by atoms with van der Waals surface area (Å²) in [5.41, 5.74) is 3.32. The highest BCUT2D eigenvalue weighted by atomic mass is 79.9. The van der Waals surface area contributed by atoms with Crippen molar-refractivity contribution in [1.82, 2.24) is 9.78 Å². The van der Waals surface area contributed by atoms with Gasteiger partial charge in [-0.2, -0.15) is 5.10 Å². The molecule has 0 radical (unpaired) electrons. The van der Waals surface area contributed by atoms with Gasteiger partial charge in [-0.3, -0.25) is 0 Å². The van der Waals surface area contributed by atoms with Gasteiger partial charge >= 0.3 is 6.36 Å². The Morgan fingerprint density at radius 1 is 1.10 bits per heavy atom. The Labute approximate surface area is 179 Å². The summed E-state index contributed by atoms with van der Waals surface area (Å²) in [6.07, 6.45) is -1.87. The summed E-state index contributed by atoms with van der Waals surface area (Å²) in [5, 5.41) is 8.24. The molecule has 4 rings (SSSR count). The molecule has 0 atom stereocenters. The molecule has 30 heavy (non-hydrogen) atoms. The maximum absolute atomic E-state index is 12.5. The number of anilines is 1. The van der Waals surface area contributed by atoms with Crippen molar-refractivity contribution in [3.05, 3.63) is 52.5 Å². The third kappa shape index (κ3) is 4.26. The van der Waals surface area contributed by atoms with E-state index >= 15 is 0 Å². The first-order chi connectivity index (χ1) is 14.4. The zero-order valence-electron chi connectivity index (χ0n) is 16.1. The van der Waals surface area contributed by atoms with Gasteiger partial charge in [-0.05, 0) is 61.7 Å². The minimum absolute atomic E-state index is 0.272. The van der Waals surface area contributed by atoms with E-state index in [9.17, 15) is 13.2 Å². The number of rotatable bonds is 4. The second-order valence-electron chi connectivity index (χ2n) is 6.86. The first-order valence-electron chi connectivity index (χ1n) is 9.41. The second kappa shape index (κ2) is 8.22. The molecule has 158 valence electrons. The molecule has 0 spiro atoms. The van der Waals surface area contributed by atoms with Crippen LogP contribution in [-0.4, -0.2) is 29.8 Å². The number of alkyl halides is 3. The fourth-order valence-electron chi connectivity index (χ4n) is 3.56. The maximum atomic E-state index is 12.5. The van der Waals surface area contributed by atoms with E-state index in [2.05, 4.69) is 26.0 Å². The van der Waals surface area contributed by atoms with Gasteiger partial charge in [0.1, 0.15) is 23.0 Å². The molecule has 0 bridgehead atoms. The monoisotopic (exact) mass is 481 g/mol. The van der Waals surface area contributed by atoms with Crippen LogP contribution >= 0.6 is 15.9 Å². The lowest BCUT2D eigenvalue weighted by atomic mass is 10.0. The fraction of sp³-hybridized carbons (Fsp3) is 0.286. The topological polar surface area (TPSA) is 48.3 Å². The van der Waals surface area contributed by atoms with Crippen molar-refractivity contribution in [1.29, 1.82) is 0 Å². The summed E-state index contributed by atoms with van der Waals surface area (Å²) in [6.45, 7) is 0.795. The molecule has 2 heterocycles. The van der Waals surface area contributed by atoms with E-state index in [1.165, 1.54) is 12.1 Å². The van der Waals surface area contributed by atoms with Crippen LogP contribution in [0.3, 0.4) is 0 Å². The summed E-state index contributed by atoms with van der Waals surface area (Å²) in [7, 11) is 1.61. The summed E-state index contributed by atoms with van der Waals surface area (Å²) in [5.74, 6) is 1.27. The van der Waals surface area contributed by atoms with Crippen molar-refractivity contribution in [3.63, 3.8) is 0 Å². The highest BCUT2D eigenvalue weighted by molar-refractivity contribution is 9.10. The van der Waals surface area contributed by atoms with E-state index in [1.54, 1.807) is 23.9 Å². The zero-order chi connectivity index (χ0) is 21.3. The summed E-state index contributed by atoms with van der Waals surface area (Å²) >= 11 is 3.51. The van der Waals surface area contributed by atoms with Crippen molar-refractivity contribution < 1.29 is 22.6 Å². The van der Waals surface area contributed by atoms with Crippen LogP contribution in [0.15, 0.2) is 46.9 Å². The standard InChI is InChI=1S/C21H19BrF3N3O2/c1-29-18-10-5-13(22)12-17(18)19-16-4-2-3-11-26-20(16)28(27-19)14-6-8-15(9-7-14)30-21(23,24)25/h5-10,12,26H,2-4,11H2,1H3. The molecule has 1 aliphatic heterocycles. The van der Waals surface area contributed by atoms with Gasteiger partial charge in [-0.1, -0.05) is 15.9 Å². The van der Waals surface area contributed by atoms with Crippen molar-refractivity contribution in [3.8, 4) is 28.4 Å². The Morgan fingerprint density at radius 2 is 1.87 bits per heavy atom. The molecule has 5 nitrogen and oxygen atoms in total. The Bertz CT molecular complexity index is 1050. The van der Waals surface area contributed by atoms with Crippen molar-refractivity contribution in [2.45, 2.75) is 25.6 Å². The lowest BCUT2D eigenvalue weighted by Crippen LogP contribution is -2.17. The Morgan fingerprint density at radius 3 is 2.57 bits per heavy atom. The number of methoxy groups -OCH3 is 1. The first-order valence-corrected chi connectivity index (χ1v) is 10.2. The van der Waals surface area contributed by atoms with Crippen LogP contribution in [0, 0.1) is 0 Å². The Kier molecular flexibility index (Phi) is 5.64. The number of nitrogens with zero attached hydrogens (tertiary/aromatic N) is 2. The van der Waals surface area contributed by atoms with E-state index in [1.807, 2.05) is 18.2 Å². The van der Waals surface area contributed by atoms with Crippen LogP contribution in [0.2, 0.25) is 0 Å². The van der Waals surface area contributed by atoms with Gasteiger partial charge in [0.2, 0.25) is 0 Å². The number of hydrogen-bond donors (Lipinski definition) is 1. The quantitative estimate of drug-likeness (QED) is 0.499. The third-order valence-electron chi connectivity index (χ3n) is 4.86. The van der Waals surface area contributed by atoms with Crippen molar-refractivity contribution in [2.75, 3.05) is 19.0 Å². The maximum Gasteiger partial charge on any atom is 0.573 e. The lowest BCUT2D eigenvalue weighted by Gasteiger charge is -2.11. The Hall–Kier alpha value is -2.68. The molecule has 0 saturated carbocycles. The van der Waals surface area contributed by atoms with Gasteiger partial charge < -0.3 is 14.8 Å². The molecular weight excluding hydrogens is 463 g/mol. The van der Waals surface area contributed by atoms with Crippen LogP contribution in [0.1, 0.15) is 18.4 Å². The molecule has 9 heteroatoms. The molecule has 0 unspecified atom stereocenters. The van der Waals surface area contributed by atoms with Gasteiger partial charge in [0.05, 0.1) is 12.8 Å². The molecular formula is C21H19BrF3N3O2. The lowest BCUT2D eigenvalue weighted by molar-refractivity contribution is -0.274. The minimum Gasteiger partial charge on any atom is -0.496 e. The largest absolute Gasteiger partial charge is 0.573 e. The summed E-state index contributed by atoms with van der Waals surface area (Å²) in [6, 6.07) is 11.4. The predicted octanol–water partition coefficient (Wildman–Crippen LogP) is 5.96. The van der Waals surface area contributed by atoms with Crippen LogP contribution < -0.4 is 14.8 Å². The number of nitrogens with one attached hydrogen (secondary N) is 1. The smallest absolute Gasteiger partial charge is 0.496 e. The third-order valence-corrected chi connectivity index (χ3v) is 5.35. The van der Waals surface area contributed by atoms with E-state index in [-0.39, 0.29) is 5.75 Å². The second-order valence-corrected chi connectivity index (χ2v) is 7.77. The molecule has 2 aromatic carbocycles. The number of fused-ring (bicyclic) bond motifs is 1. The molecule has 1 aromatic heterocycles. The number of halogens is 4. The van der Waals surface area contributed by atoms with Gasteiger partial charge in [-0.25, -0.2) is 4.68 Å². The average Bonchev–Trinajstić information content (AvgIpc) is 2.88. The molecule has 1 N–H and O–H groups in total. The highest BCUT2D eigenvalue weighted by Gasteiger charge is 2.31.